The SMILES string of the molecule is Cc1cc(C)c(-c2ccc(N3CCO[C@@H](CF)C3)nn2)c(O)c1. The number of rotatable bonds is 3. The molecule has 1 aromatic heterocycles. The normalized spacial score (nSPS) is 18.2. The maximum atomic E-state index is 12.8. The number of aromatic nitrogens is 2. The number of benzene rings is 1. The molecule has 2 heterocycles. The van der Waals surface area contributed by atoms with Crippen LogP contribution in [0.15, 0.2) is 24.3 Å². The topological polar surface area (TPSA) is 58.5 Å². The van der Waals surface area contributed by atoms with E-state index in [-0.39, 0.29) is 5.75 Å². The second-order valence-corrected chi connectivity index (χ2v) is 5.85. The molecule has 1 aromatic carbocycles. The number of ether oxygens (including phenoxy) is 1. The molecule has 0 bridgehead atoms. The lowest BCUT2D eigenvalue weighted by molar-refractivity contribution is 0.0244. The zero-order valence-corrected chi connectivity index (χ0v) is 13.3. The average molecular weight is 317 g/mol. The molecule has 0 radical (unpaired) electrons. The highest BCUT2D eigenvalue weighted by Gasteiger charge is 2.22. The molecule has 0 spiro atoms. The number of hydrogen-bond donors (Lipinski definition) is 1. The Morgan fingerprint density at radius 2 is 2.13 bits per heavy atom. The Morgan fingerprint density at radius 3 is 2.78 bits per heavy atom. The predicted octanol–water partition coefficient (Wildman–Crippen LogP) is 2.64. The van der Waals surface area contributed by atoms with Crippen molar-refractivity contribution in [3.63, 3.8) is 0 Å². The maximum Gasteiger partial charge on any atom is 0.151 e. The van der Waals surface area contributed by atoms with Crippen LogP contribution in [-0.4, -0.2) is 47.8 Å². The molecular formula is C17H20FN3O2. The Labute approximate surface area is 134 Å². The van der Waals surface area contributed by atoms with Crippen LogP contribution in [0.1, 0.15) is 11.1 Å². The summed E-state index contributed by atoms with van der Waals surface area (Å²) < 4.78 is 18.1. The summed E-state index contributed by atoms with van der Waals surface area (Å²) in [5, 5.41) is 18.7. The van der Waals surface area contributed by atoms with Crippen LogP contribution in [-0.2, 0) is 4.74 Å². The van der Waals surface area contributed by atoms with Gasteiger partial charge in [0.1, 0.15) is 18.5 Å². The van der Waals surface area contributed by atoms with Crippen molar-refractivity contribution in [2.24, 2.45) is 0 Å². The summed E-state index contributed by atoms with van der Waals surface area (Å²) in [6, 6.07) is 7.39. The van der Waals surface area contributed by atoms with Crippen LogP contribution in [0.2, 0.25) is 0 Å². The lowest BCUT2D eigenvalue weighted by Crippen LogP contribution is -2.43. The molecule has 6 heteroatoms. The van der Waals surface area contributed by atoms with Crippen LogP contribution < -0.4 is 4.90 Å². The number of hydrogen-bond acceptors (Lipinski definition) is 5. The molecule has 0 saturated carbocycles. The zero-order chi connectivity index (χ0) is 16.4. The van der Waals surface area contributed by atoms with Crippen molar-refractivity contribution in [1.82, 2.24) is 10.2 Å². The molecule has 1 atom stereocenters. The van der Waals surface area contributed by atoms with Crippen LogP contribution in [0.4, 0.5) is 10.2 Å². The van der Waals surface area contributed by atoms with Gasteiger partial charge >= 0.3 is 0 Å². The minimum atomic E-state index is -0.502. The van der Waals surface area contributed by atoms with Crippen molar-refractivity contribution in [2.75, 3.05) is 31.3 Å². The van der Waals surface area contributed by atoms with Gasteiger partial charge in [0.05, 0.1) is 12.3 Å². The number of aryl methyl sites for hydroxylation is 2. The zero-order valence-electron chi connectivity index (χ0n) is 13.3. The fourth-order valence-corrected chi connectivity index (χ4v) is 2.93. The standard InChI is InChI=1S/C17H20FN3O2/c1-11-7-12(2)17(15(22)8-11)14-3-4-16(20-19-14)21-5-6-23-13(9-18)10-21/h3-4,7-8,13,22H,5-6,9-10H2,1-2H3/t13-/m0/s1. The van der Waals surface area contributed by atoms with Gasteiger partial charge < -0.3 is 14.7 Å². The second kappa shape index (κ2) is 6.50. The van der Waals surface area contributed by atoms with Gasteiger partial charge in [-0.25, -0.2) is 4.39 Å². The number of aromatic hydroxyl groups is 1. The van der Waals surface area contributed by atoms with E-state index in [0.717, 1.165) is 11.1 Å². The molecule has 0 amide bonds. The number of morpholine rings is 1. The fourth-order valence-electron chi connectivity index (χ4n) is 2.93. The number of halogens is 1. The minimum absolute atomic E-state index is 0.202. The van der Waals surface area contributed by atoms with Gasteiger partial charge in [0.2, 0.25) is 0 Å². The summed E-state index contributed by atoms with van der Waals surface area (Å²) in [5.74, 6) is 0.896. The number of phenolic OH excluding ortho intramolecular Hbond substituents is 1. The van der Waals surface area contributed by atoms with Crippen LogP contribution in [0, 0.1) is 13.8 Å². The Balaban J connectivity index is 1.85. The Kier molecular flexibility index (Phi) is 4.43. The summed E-state index contributed by atoms with van der Waals surface area (Å²) in [6.07, 6.45) is -0.409. The summed E-state index contributed by atoms with van der Waals surface area (Å²) in [4.78, 5) is 1.96. The van der Waals surface area contributed by atoms with E-state index in [0.29, 0.717) is 36.8 Å². The summed E-state index contributed by atoms with van der Waals surface area (Å²) in [5.41, 5.74) is 3.27. The van der Waals surface area contributed by atoms with E-state index in [4.69, 9.17) is 4.74 Å². The lowest BCUT2D eigenvalue weighted by atomic mass is 10.0. The largest absolute Gasteiger partial charge is 0.507 e. The van der Waals surface area contributed by atoms with Crippen LogP contribution >= 0.6 is 0 Å². The Morgan fingerprint density at radius 1 is 1.30 bits per heavy atom. The van der Waals surface area contributed by atoms with Crippen molar-refractivity contribution in [3.05, 3.63) is 35.4 Å². The number of phenols is 1. The molecule has 1 saturated heterocycles. The first-order chi connectivity index (χ1) is 11.1. The molecule has 0 aliphatic carbocycles. The van der Waals surface area contributed by atoms with Crippen LogP contribution in [0.3, 0.4) is 0 Å². The van der Waals surface area contributed by atoms with Gasteiger partial charge in [-0.3, -0.25) is 0 Å². The highest BCUT2D eigenvalue weighted by Crippen LogP contribution is 2.32. The third-order valence-corrected chi connectivity index (χ3v) is 4.00. The predicted molar refractivity (Wildman–Crippen MR) is 86.5 cm³/mol. The fraction of sp³-hybridized carbons (Fsp3) is 0.412. The van der Waals surface area contributed by atoms with E-state index >= 15 is 0 Å². The molecule has 1 N–H and O–H groups in total. The Bertz CT molecular complexity index is 668. The van der Waals surface area contributed by atoms with Gasteiger partial charge in [0.15, 0.2) is 5.82 Å². The first-order valence-electron chi connectivity index (χ1n) is 7.65. The Hall–Kier alpha value is -2.21. The van der Waals surface area contributed by atoms with Gasteiger partial charge in [-0.05, 0) is 43.2 Å². The monoisotopic (exact) mass is 317 g/mol. The molecule has 5 nitrogen and oxygen atoms in total. The minimum Gasteiger partial charge on any atom is -0.507 e. The molecule has 1 fully saturated rings. The van der Waals surface area contributed by atoms with E-state index in [1.165, 1.54) is 0 Å². The second-order valence-electron chi connectivity index (χ2n) is 5.85. The van der Waals surface area contributed by atoms with Gasteiger partial charge in [0, 0.05) is 18.7 Å². The van der Waals surface area contributed by atoms with E-state index in [2.05, 4.69) is 10.2 Å². The third-order valence-electron chi connectivity index (χ3n) is 4.00. The van der Waals surface area contributed by atoms with E-state index in [1.54, 1.807) is 6.07 Å². The highest BCUT2D eigenvalue weighted by molar-refractivity contribution is 5.71. The molecule has 1 aliphatic heterocycles. The number of alkyl halides is 1. The van der Waals surface area contributed by atoms with Crippen molar-refractivity contribution < 1.29 is 14.2 Å². The summed E-state index contributed by atoms with van der Waals surface area (Å²) in [6.45, 7) is 4.99. The van der Waals surface area contributed by atoms with Gasteiger partial charge in [-0.2, -0.15) is 0 Å². The molecule has 2 aromatic rings. The van der Waals surface area contributed by atoms with E-state index in [9.17, 15) is 9.50 Å². The van der Waals surface area contributed by atoms with Crippen molar-refractivity contribution >= 4 is 5.82 Å². The first kappa shape index (κ1) is 15.7. The van der Waals surface area contributed by atoms with Gasteiger partial charge in [0.25, 0.3) is 0 Å². The molecule has 23 heavy (non-hydrogen) atoms. The molecule has 122 valence electrons. The van der Waals surface area contributed by atoms with Crippen LogP contribution in [0.25, 0.3) is 11.3 Å². The summed E-state index contributed by atoms with van der Waals surface area (Å²) in [7, 11) is 0. The molecular weight excluding hydrogens is 297 g/mol. The molecule has 1 aliphatic rings. The van der Waals surface area contributed by atoms with Crippen molar-refractivity contribution in [2.45, 2.75) is 20.0 Å². The first-order valence-corrected chi connectivity index (χ1v) is 7.65. The number of nitrogens with zero attached hydrogens (tertiary/aromatic N) is 3. The van der Waals surface area contributed by atoms with Gasteiger partial charge in [-0.1, -0.05) is 6.07 Å². The molecule has 0 unspecified atom stereocenters. The maximum absolute atomic E-state index is 12.8. The smallest absolute Gasteiger partial charge is 0.151 e. The highest BCUT2D eigenvalue weighted by atomic mass is 19.1. The quantitative estimate of drug-likeness (QED) is 0.943. The van der Waals surface area contributed by atoms with Crippen LogP contribution in [0.5, 0.6) is 5.75 Å². The third kappa shape index (κ3) is 3.27. The molecule has 3 rings (SSSR count). The summed E-state index contributed by atoms with van der Waals surface area (Å²) >= 11 is 0. The average Bonchev–Trinajstić information content (AvgIpc) is 2.54. The van der Waals surface area contributed by atoms with Crippen molar-refractivity contribution in [3.8, 4) is 17.0 Å². The van der Waals surface area contributed by atoms with Crippen molar-refractivity contribution in [1.29, 1.82) is 0 Å². The van der Waals surface area contributed by atoms with E-state index < -0.39 is 12.8 Å². The van der Waals surface area contributed by atoms with Gasteiger partial charge in [-0.15, -0.1) is 10.2 Å². The van der Waals surface area contributed by atoms with E-state index in [1.807, 2.05) is 36.9 Å². The number of anilines is 1. The lowest BCUT2D eigenvalue weighted by Gasteiger charge is -2.32.